The number of aromatic nitrogens is 1. The van der Waals surface area contributed by atoms with Crippen LogP contribution in [-0.4, -0.2) is 24.2 Å². The fraction of sp³-hybridized carbons (Fsp3) is 0.188. The molecule has 2 aromatic rings. The third-order valence-corrected chi connectivity index (χ3v) is 5.81. The van der Waals surface area contributed by atoms with Gasteiger partial charge in [-0.3, -0.25) is 4.79 Å². The molecule has 3 rings (SSSR count). The van der Waals surface area contributed by atoms with Gasteiger partial charge in [-0.05, 0) is 54.4 Å². The lowest BCUT2D eigenvalue weighted by molar-refractivity contribution is -0.110. The van der Waals surface area contributed by atoms with Crippen LogP contribution in [0.4, 0.5) is 5.69 Å². The fourth-order valence-electron chi connectivity index (χ4n) is 2.49. The van der Waals surface area contributed by atoms with Gasteiger partial charge in [-0.15, -0.1) is 0 Å². The molecular weight excluding hydrogens is 363 g/mol. The maximum absolute atomic E-state index is 12.2. The van der Waals surface area contributed by atoms with Crippen LogP contribution < -0.4 is 10.6 Å². The van der Waals surface area contributed by atoms with Crippen molar-refractivity contribution in [3.8, 4) is 0 Å². The lowest BCUT2D eigenvalue weighted by Crippen LogP contribution is -2.06. The van der Waals surface area contributed by atoms with E-state index in [9.17, 15) is 9.36 Å². The van der Waals surface area contributed by atoms with Gasteiger partial charge in [-0.25, -0.2) is 0 Å². The van der Waals surface area contributed by atoms with Gasteiger partial charge in [-0.1, -0.05) is 12.1 Å². The zero-order chi connectivity index (χ0) is 16.1. The molecule has 1 aromatic heterocycles. The number of carbonyl (C=O) groups excluding carboxylic acids is 1. The summed E-state index contributed by atoms with van der Waals surface area (Å²) in [5, 5.41) is 3.62. The van der Waals surface area contributed by atoms with Gasteiger partial charge < -0.3 is 14.9 Å². The molecular formula is C16H16BrN2O2P. The monoisotopic (exact) mass is 378 g/mol. The van der Waals surface area contributed by atoms with Crippen LogP contribution in [0.5, 0.6) is 0 Å². The standard InChI is InChI=1S/C16H16BrN2O2P/c1-9-6-13(17)15(18-9)8-12-11-5-4-10(22(2,3)21)7-14(11)19-16(12)20/h4-8,18H,1-3H3,(H,19,20)/b12-8-. The predicted octanol–water partition coefficient (Wildman–Crippen LogP) is 3.83. The van der Waals surface area contributed by atoms with Crippen LogP contribution in [0.15, 0.2) is 28.7 Å². The number of carbonyl (C=O) groups is 1. The summed E-state index contributed by atoms with van der Waals surface area (Å²) in [4.78, 5) is 15.4. The first kappa shape index (κ1) is 15.3. The van der Waals surface area contributed by atoms with Gasteiger partial charge in [0.1, 0.15) is 7.14 Å². The van der Waals surface area contributed by atoms with Crippen LogP contribution in [0.1, 0.15) is 17.0 Å². The second kappa shape index (κ2) is 5.25. The molecule has 1 aliphatic heterocycles. The van der Waals surface area contributed by atoms with E-state index < -0.39 is 7.14 Å². The molecule has 2 heterocycles. The summed E-state index contributed by atoms with van der Waals surface area (Å²) >= 11 is 3.48. The van der Waals surface area contributed by atoms with E-state index in [2.05, 4.69) is 26.2 Å². The summed E-state index contributed by atoms with van der Waals surface area (Å²) in [6.45, 7) is 5.41. The molecule has 6 heteroatoms. The number of hydrogen-bond donors (Lipinski definition) is 2. The van der Waals surface area contributed by atoms with Crippen LogP contribution in [-0.2, 0) is 9.36 Å². The van der Waals surface area contributed by atoms with Crippen molar-refractivity contribution in [1.82, 2.24) is 4.98 Å². The predicted molar refractivity (Wildman–Crippen MR) is 95.3 cm³/mol. The summed E-state index contributed by atoms with van der Waals surface area (Å²) in [5.41, 5.74) is 4.03. The van der Waals surface area contributed by atoms with E-state index in [4.69, 9.17) is 0 Å². The molecule has 1 aromatic carbocycles. The highest BCUT2D eigenvalue weighted by molar-refractivity contribution is 9.10. The van der Waals surface area contributed by atoms with E-state index in [1.54, 1.807) is 13.3 Å². The van der Waals surface area contributed by atoms with E-state index in [1.807, 2.05) is 37.3 Å². The SMILES string of the molecule is Cc1cc(Br)c(/C=C2\C(=O)Nc3cc(P(C)(C)=O)ccc32)[nH]1. The number of fused-ring (bicyclic) bond motifs is 1. The Hall–Kier alpha value is -1.58. The van der Waals surface area contributed by atoms with Crippen molar-refractivity contribution in [2.45, 2.75) is 6.92 Å². The number of benzene rings is 1. The highest BCUT2D eigenvalue weighted by Gasteiger charge is 2.26. The second-order valence-electron chi connectivity index (χ2n) is 5.81. The average molecular weight is 379 g/mol. The van der Waals surface area contributed by atoms with E-state index in [-0.39, 0.29) is 5.91 Å². The molecule has 0 unspecified atom stereocenters. The third-order valence-electron chi connectivity index (χ3n) is 3.63. The number of rotatable bonds is 2. The first-order valence-electron chi connectivity index (χ1n) is 6.84. The Bertz CT molecular complexity index is 861. The number of H-pyrrole nitrogens is 1. The Labute approximate surface area is 137 Å². The molecule has 4 nitrogen and oxygen atoms in total. The van der Waals surface area contributed by atoms with E-state index in [1.165, 1.54) is 0 Å². The van der Waals surface area contributed by atoms with Crippen LogP contribution >= 0.6 is 23.1 Å². The summed E-state index contributed by atoms with van der Waals surface area (Å²) in [7, 11) is -2.35. The van der Waals surface area contributed by atoms with E-state index in [0.29, 0.717) is 5.57 Å². The van der Waals surface area contributed by atoms with Crippen molar-refractivity contribution in [2.24, 2.45) is 0 Å². The number of aryl methyl sites for hydroxylation is 1. The summed E-state index contributed by atoms with van der Waals surface area (Å²) in [6, 6.07) is 7.47. The van der Waals surface area contributed by atoms with Crippen molar-refractivity contribution >= 4 is 51.6 Å². The van der Waals surface area contributed by atoms with Gasteiger partial charge in [0.25, 0.3) is 5.91 Å². The fourth-order valence-corrected chi connectivity index (χ4v) is 3.92. The molecule has 1 aliphatic rings. The van der Waals surface area contributed by atoms with Crippen molar-refractivity contribution < 1.29 is 9.36 Å². The minimum Gasteiger partial charge on any atom is -0.358 e. The maximum atomic E-state index is 12.2. The lowest BCUT2D eigenvalue weighted by Gasteiger charge is -2.08. The topological polar surface area (TPSA) is 62.0 Å². The highest BCUT2D eigenvalue weighted by atomic mass is 79.9. The molecule has 0 saturated carbocycles. The second-order valence-corrected chi connectivity index (χ2v) is 9.88. The Morgan fingerprint density at radius 1 is 1.23 bits per heavy atom. The van der Waals surface area contributed by atoms with Gasteiger partial charge in [-0.2, -0.15) is 0 Å². The van der Waals surface area contributed by atoms with Gasteiger partial charge in [0.15, 0.2) is 0 Å². The normalized spacial score (nSPS) is 16.0. The third kappa shape index (κ3) is 2.71. The highest BCUT2D eigenvalue weighted by Crippen LogP contribution is 2.39. The molecule has 1 amide bonds. The Morgan fingerprint density at radius 2 is 1.95 bits per heavy atom. The number of nitrogens with one attached hydrogen (secondary N) is 2. The van der Waals surface area contributed by atoms with E-state index in [0.717, 1.165) is 32.4 Å². The Balaban J connectivity index is 2.09. The molecule has 0 saturated heterocycles. The Morgan fingerprint density at radius 3 is 2.55 bits per heavy atom. The number of amides is 1. The molecule has 0 bridgehead atoms. The van der Waals surface area contributed by atoms with Crippen LogP contribution in [0.2, 0.25) is 0 Å². The summed E-state index contributed by atoms with van der Waals surface area (Å²) in [6.07, 6.45) is 1.83. The molecule has 0 radical (unpaired) electrons. The molecule has 2 N–H and O–H groups in total. The molecule has 22 heavy (non-hydrogen) atoms. The molecule has 0 aliphatic carbocycles. The van der Waals surface area contributed by atoms with Crippen LogP contribution in [0.25, 0.3) is 11.6 Å². The number of anilines is 1. The maximum Gasteiger partial charge on any atom is 0.256 e. The molecule has 0 spiro atoms. The molecule has 0 atom stereocenters. The van der Waals surface area contributed by atoms with Crippen molar-refractivity contribution in [3.63, 3.8) is 0 Å². The van der Waals surface area contributed by atoms with Gasteiger partial charge in [0.05, 0.1) is 11.3 Å². The Kier molecular flexibility index (Phi) is 3.66. The summed E-state index contributed by atoms with van der Waals surface area (Å²) < 4.78 is 13.1. The number of aromatic amines is 1. The first-order chi connectivity index (χ1) is 10.3. The molecule has 0 fully saturated rings. The van der Waals surface area contributed by atoms with Crippen LogP contribution in [0, 0.1) is 6.92 Å². The largest absolute Gasteiger partial charge is 0.358 e. The number of halogens is 1. The minimum absolute atomic E-state index is 0.145. The molecule has 114 valence electrons. The summed E-state index contributed by atoms with van der Waals surface area (Å²) in [5.74, 6) is -0.145. The first-order valence-corrected chi connectivity index (χ1v) is 10.2. The average Bonchev–Trinajstić information content (AvgIpc) is 2.89. The van der Waals surface area contributed by atoms with Crippen molar-refractivity contribution in [3.05, 3.63) is 45.7 Å². The zero-order valence-electron chi connectivity index (χ0n) is 12.5. The van der Waals surface area contributed by atoms with Crippen LogP contribution in [0.3, 0.4) is 0 Å². The quantitative estimate of drug-likeness (QED) is 0.616. The van der Waals surface area contributed by atoms with Gasteiger partial charge in [0, 0.05) is 26.7 Å². The van der Waals surface area contributed by atoms with Gasteiger partial charge in [0.2, 0.25) is 0 Å². The van der Waals surface area contributed by atoms with E-state index >= 15 is 0 Å². The number of hydrogen-bond acceptors (Lipinski definition) is 2. The smallest absolute Gasteiger partial charge is 0.256 e. The van der Waals surface area contributed by atoms with Crippen molar-refractivity contribution in [1.29, 1.82) is 0 Å². The zero-order valence-corrected chi connectivity index (χ0v) is 15.0. The van der Waals surface area contributed by atoms with Crippen molar-refractivity contribution in [2.75, 3.05) is 18.6 Å². The lowest BCUT2D eigenvalue weighted by atomic mass is 10.1. The minimum atomic E-state index is -2.35. The van der Waals surface area contributed by atoms with Gasteiger partial charge >= 0.3 is 0 Å².